The molecule has 0 radical (unpaired) electrons. The first-order chi connectivity index (χ1) is 8.54. The van der Waals surface area contributed by atoms with Gasteiger partial charge in [0.2, 0.25) is 5.91 Å². The van der Waals surface area contributed by atoms with Crippen LogP contribution in [0.15, 0.2) is 24.3 Å². The molecule has 1 aromatic rings. The van der Waals surface area contributed by atoms with Crippen LogP contribution in [0.5, 0.6) is 0 Å². The van der Waals surface area contributed by atoms with E-state index in [4.69, 9.17) is 0 Å². The number of carbonyl (C=O) groups excluding carboxylic acids is 1. The summed E-state index contributed by atoms with van der Waals surface area (Å²) in [6.45, 7) is 2.31. The van der Waals surface area contributed by atoms with Gasteiger partial charge in [-0.15, -0.1) is 0 Å². The van der Waals surface area contributed by atoms with Gasteiger partial charge in [0.05, 0.1) is 3.92 Å². The Morgan fingerprint density at radius 2 is 2.17 bits per heavy atom. The lowest BCUT2D eigenvalue weighted by molar-refractivity contribution is -0.127. The fourth-order valence-electron chi connectivity index (χ4n) is 1.99. The van der Waals surface area contributed by atoms with Gasteiger partial charge in [-0.05, 0) is 25.5 Å². The molecule has 2 nitrogen and oxygen atoms in total. The first-order valence-corrected chi connectivity index (χ1v) is 6.90. The van der Waals surface area contributed by atoms with Gasteiger partial charge in [0.25, 0.3) is 0 Å². The topological polar surface area (TPSA) is 20.3 Å². The summed E-state index contributed by atoms with van der Waals surface area (Å²) in [5.74, 6) is -1.28. The van der Waals surface area contributed by atoms with E-state index >= 15 is 0 Å². The predicted octanol–water partition coefficient (Wildman–Crippen LogP) is 3.36. The summed E-state index contributed by atoms with van der Waals surface area (Å²) < 4.78 is 26.5. The van der Waals surface area contributed by atoms with E-state index in [1.807, 2.05) is 13.0 Å². The molecule has 0 spiro atoms. The van der Waals surface area contributed by atoms with Crippen LogP contribution in [-0.4, -0.2) is 21.3 Å². The summed E-state index contributed by atoms with van der Waals surface area (Å²) in [4.78, 5) is 13.5. The molecule has 1 aromatic carbocycles. The summed E-state index contributed by atoms with van der Waals surface area (Å²) in [6.07, 6.45) is 2.40. The van der Waals surface area contributed by atoms with Crippen LogP contribution in [-0.2, 0) is 4.79 Å². The van der Waals surface area contributed by atoms with Gasteiger partial charge in [0.15, 0.2) is 0 Å². The minimum atomic E-state index is -0.639. The third-order valence-electron chi connectivity index (χ3n) is 2.87. The standard InChI is InChI=1S/C13H12F2INO/c1-2-17-12(6-5-11(16)13(17)18)9-4-3-8(14)7-10(9)15/h3-4,6-7,11H,2,5H2,1H3. The second kappa shape index (κ2) is 5.34. The van der Waals surface area contributed by atoms with Crippen LogP contribution in [0.25, 0.3) is 5.70 Å². The number of hydrogen-bond donors (Lipinski definition) is 0. The highest BCUT2D eigenvalue weighted by Crippen LogP contribution is 2.30. The number of rotatable bonds is 2. The smallest absolute Gasteiger partial charge is 0.240 e. The lowest BCUT2D eigenvalue weighted by atomic mass is 10.0. The highest BCUT2D eigenvalue weighted by atomic mass is 127. The van der Waals surface area contributed by atoms with Crippen LogP contribution in [0.3, 0.4) is 0 Å². The summed E-state index contributed by atoms with van der Waals surface area (Å²) in [6, 6.07) is 3.41. The molecule has 0 aromatic heterocycles. The average molecular weight is 363 g/mol. The maximum absolute atomic E-state index is 13.7. The molecular weight excluding hydrogens is 351 g/mol. The van der Waals surface area contributed by atoms with Crippen LogP contribution in [0.4, 0.5) is 8.78 Å². The lowest BCUT2D eigenvalue weighted by Crippen LogP contribution is -2.38. The largest absolute Gasteiger partial charge is 0.311 e. The number of amides is 1. The van der Waals surface area contributed by atoms with Crippen LogP contribution in [0.2, 0.25) is 0 Å². The van der Waals surface area contributed by atoms with Crippen LogP contribution >= 0.6 is 22.6 Å². The van der Waals surface area contributed by atoms with E-state index in [2.05, 4.69) is 22.6 Å². The highest BCUT2D eigenvalue weighted by Gasteiger charge is 2.29. The van der Waals surface area contributed by atoms with Crippen molar-refractivity contribution in [2.75, 3.05) is 6.54 Å². The fourth-order valence-corrected chi connectivity index (χ4v) is 2.58. The molecule has 1 unspecified atom stereocenters. The number of hydrogen-bond acceptors (Lipinski definition) is 1. The minimum absolute atomic E-state index is 0.0284. The van der Waals surface area contributed by atoms with E-state index < -0.39 is 11.6 Å². The van der Waals surface area contributed by atoms with E-state index in [1.54, 1.807) is 0 Å². The molecule has 0 bridgehead atoms. The van der Waals surface area contributed by atoms with Crippen molar-refractivity contribution in [1.82, 2.24) is 4.90 Å². The normalized spacial score (nSPS) is 20.0. The van der Waals surface area contributed by atoms with Crippen molar-refractivity contribution in [2.24, 2.45) is 0 Å². The van der Waals surface area contributed by atoms with Gasteiger partial charge in [0, 0.05) is 23.9 Å². The Balaban J connectivity index is 2.45. The van der Waals surface area contributed by atoms with Gasteiger partial charge >= 0.3 is 0 Å². The molecule has 0 N–H and O–H groups in total. The zero-order chi connectivity index (χ0) is 13.3. The SMILES string of the molecule is CCN1C(=O)C(I)CC=C1c1ccc(F)cc1F. The Bertz CT molecular complexity index is 516. The molecule has 5 heteroatoms. The molecule has 0 saturated carbocycles. The van der Waals surface area contributed by atoms with Gasteiger partial charge in [-0.3, -0.25) is 4.79 Å². The van der Waals surface area contributed by atoms with Crippen molar-refractivity contribution in [2.45, 2.75) is 17.3 Å². The summed E-state index contributed by atoms with van der Waals surface area (Å²) in [5.41, 5.74) is 0.808. The Kier molecular flexibility index (Phi) is 3.99. The Morgan fingerprint density at radius 1 is 1.44 bits per heavy atom. The van der Waals surface area contributed by atoms with Gasteiger partial charge in [0.1, 0.15) is 11.6 Å². The quantitative estimate of drug-likeness (QED) is 0.583. The molecule has 0 aliphatic carbocycles. The summed E-state index contributed by atoms with van der Waals surface area (Å²) in [5, 5.41) is 0. The maximum Gasteiger partial charge on any atom is 0.240 e. The molecular formula is C13H12F2INO. The average Bonchev–Trinajstić information content (AvgIpc) is 2.33. The van der Waals surface area contributed by atoms with Crippen molar-refractivity contribution < 1.29 is 13.6 Å². The molecule has 2 rings (SSSR count). The number of nitrogens with zero attached hydrogens (tertiary/aromatic N) is 1. The highest BCUT2D eigenvalue weighted by molar-refractivity contribution is 14.1. The minimum Gasteiger partial charge on any atom is -0.311 e. The van der Waals surface area contributed by atoms with E-state index in [1.165, 1.54) is 17.0 Å². The van der Waals surface area contributed by atoms with Crippen LogP contribution in [0, 0.1) is 11.6 Å². The van der Waals surface area contributed by atoms with E-state index in [0.717, 1.165) is 6.07 Å². The van der Waals surface area contributed by atoms with Crippen molar-refractivity contribution in [3.8, 4) is 0 Å². The van der Waals surface area contributed by atoms with Crippen molar-refractivity contribution >= 4 is 34.2 Å². The van der Waals surface area contributed by atoms with Crippen molar-refractivity contribution in [3.63, 3.8) is 0 Å². The number of allylic oxidation sites excluding steroid dienone is 1. The van der Waals surface area contributed by atoms with E-state index in [9.17, 15) is 13.6 Å². The second-order valence-electron chi connectivity index (χ2n) is 4.00. The third kappa shape index (κ3) is 2.41. The van der Waals surface area contributed by atoms with Crippen molar-refractivity contribution in [1.29, 1.82) is 0 Å². The molecule has 96 valence electrons. The Labute approximate surface area is 118 Å². The van der Waals surface area contributed by atoms with Crippen LogP contribution in [0.1, 0.15) is 18.9 Å². The first-order valence-electron chi connectivity index (χ1n) is 5.65. The number of halogens is 3. The molecule has 0 saturated heterocycles. The number of benzene rings is 1. The third-order valence-corrected chi connectivity index (χ3v) is 3.91. The summed E-state index contributed by atoms with van der Waals surface area (Å²) in [7, 11) is 0. The second-order valence-corrected chi connectivity index (χ2v) is 5.50. The number of carbonyl (C=O) groups is 1. The van der Waals surface area contributed by atoms with Gasteiger partial charge in [-0.25, -0.2) is 8.78 Å². The Morgan fingerprint density at radius 3 is 2.78 bits per heavy atom. The number of alkyl halides is 1. The fraction of sp³-hybridized carbons (Fsp3) is 0.308. The monoisotopic (exact) mass is 363 g/mol. The first kappa shape index (κ1) is 13.5. The molecule has 1 aliphatic heterocycles. The summed E-state index contributed by atoms with van der Waals surface area (Å²) >= 11 is 2.08. The molecule has 1 atom stereocenters. The molecule has 1 heterocycles. The van der Waals surface area contributed by atoms with Crippen LogP contribution < -0.4 is 0 Å². The maximum atomic E-state index is 13.7. The zero-order valence-corrected chi connectivity index (χ0v) is 11.9. The Hall–Kier alpha value is -0.980. The molecule has 18 heavy (non-hydrogen) atoms. The van der Waals surface area contributed by atoms with E-state index in [0.29, 0.717) is 18.7 Å². The molecule has 1 aliphatic rings. The molecule has 1 amide bonds. The van der Waals surface area contributed by atoms with E-state index in [-0.39, 0.29) is 15.4 Å². The van der Waals surface area contributed by atoms with Gasteiger partial charge < -0.3 is 4.90 Å². The lowest BCUT2D eigenvalue weighted by Gasteiger charge is -2.30. The molecule has 0 fully saturated rings. The van der Waals surface area contributed by atoms with Gasteiger partial charge in [-0.2, -0.15) is 0 Å². The zero-order valence-electron chi connectivity index (χ0n) is 9.79. The van der Waals surface area contributed by atoms with Crippen molar-refractivity contribution in [3.05, 3.63) is 41.5 Å². The predicted molar refractivity (Wildman–Crippen MR) is 74.1 cm³/mol. The van der Waals surface area contributed by atoms with Gasteiger partial charge in [-0.1, -0.05) is 28.7 Å².